The van der Waals surface area contributed by atoms with Crippen LogP contribution in [0.3, 0.4) is 0 Å². The smallest absolute Gasteiger partial charge is 0.127 e. The molecule has 1 rings (SSSR count). The first kappa shape index (κ1) is 8.56. The van der Waals surface area contributed by atoms with Crippen LogP contribution >= 0.6 is 11.6 Å². The van der Waals surface area contributed by atoms with Gasteiger partial charge >= 0.3 is 0 Å². The highest BCUT2D eigenvalue weighted by Crippen LogP contribution is 2.18. The molecule has 1 N–H and O–H groups in total. The molecule has 0 aliphatic carbocycles. The Hall–Kier alpha value is -0.540. The summed E-state index contributed by atoms with van der Waals surface area (Å²) in [6, 6.07) is 0. The average molecular weight is 176 g/mol. The van der Waals surface area contributed by atoms with Gasteiger partial charge < -0.3 is 9.63 Å². The van der Waals surface area contributed by atoms with E-state index < -0.39 is 6.10 Å². The quantitative estimate of drug-likeness (QED) is 0.711. The average Bonchev–Trinajstić information content (AvgIpc) is 2.36. The molecule has 3 nitrogen and oxygen atoms in total. The Kier molecular flexibility index (Phi) is 2.91. The van der Waals surface area contributed by atoms with Crippen molar-refractivity contribution < 1.29 is 9.63 Å². The summed E-state index contributed by atoms with van der Waals surface area (Å²) in [5, 5.41) is 13.0. The first-order valence-electron chi connectivity index (χ1n) is 3.40. The summed E-state index contributed by atoms with van der Waals surface area (Å²) >= 11 is 5.45. The van der Waals surface area contributed by atoms with Gasteiger partial charge in [0.15, 0.2) is 0 Å². The molecule has 0 spiro atoms. The number of aromatic nitrogens is 1. The zero-order valence-corrected chi connectivity index (χ0v) is 7.01. The number of hydrogen-bond donors (Lipinski definition) is 1. The van der Waals surface area contributed by atoms with Crippen molar-refractivity contribution in [3.63, 3.8) is 0 Å². The minimum Gasteiger partial charge on any atom is -0.387 e. The monoisotopic (exact) mass is 175 g/mol. The van der Waals surface area contributed by atoms with Gasteiger partial charge in [-0.1, -0.05) is 5.16 Å². The zero-order valence-electron chi connectivity index (χ0n) is 6.25. The lowest BCUT2D eigenvalue weighted by molar-refractivity contribution is 0.164. The number of halogens is 1. The molecular formula is C7H10ClNO2. The van der Waals surface area contributed by atoms with Gasteiger partial charge in [-0.15, -0.1) is 11.6 Å². The molecule has 11 heavy (non-hydrogen) atoms. The van der Waals surface area contributed by atoms with Gasteiger partial charge in [0.1, 0.15) is 18.1 Å². The zero-order chi connectivity index (χ0) is 8.27. The Bertz CT molecular complexity index is 224. The van der Waals surface area contributed by atoms with E-state index in [9.17, 15) is 5.11 Å². The van der Waals surface area contributed by atoms with Crippen LogP contribution in [-0.4, -0.2) is 16.1 Å². The van der Waals surface area contributed by atoms with Gasteiger partial charge in [0.25, 0.3) is 0 Å². The van der Waals surface area contributed by atoms with E-state index in [-0.39, 0.29) is 0 Å². The van der Waals surface area contributed by atoms with Gasteiger partial charge in [-0.2, -0.15) is 0 Å². The molecule has 1 atom stereocenters. The van der Waals surface area contributed by atoms with Gasteiger partial charge in [-0.3, -0.25) is 0 Å². The predicted octanol–water partition coefficient (Wildman–Crippen LogP) is 1.65. The van der Waals surface area contributed by atoms with Crippen LogP contribution in [0.25, 0.3) is 0 Å². The lowest BCUT2D eigenvalue weighted by atomic mass is 10.1. The Morgan fingerprint density at radius 3 is 3.00 bits per heavy atom. The van der Waals surface area contributed by atoms with E-state index in [1.54, 1.807) is 0 Å². The third-order valence-electron chi connectivity index (χ3n) is 1.48. The highest BCUT2D eigenvalue weighted by atomic mass is 35.5. The van der Waals surface area contributed by atoms with Crippen molar-refractivity contribution in [1.29, 1.82) is 0 Å². The second-order valence-corrected chi connectivity index (χ2v) is 2.75. The van der Waals surface area contributed by atoms with Crippen LogP contribution in [0.2, 0.25) is 0 Å². The Labute approximate surface area is 70.0 Å². The number of aliphatic hydroxyl groups is 1. The van der Waals surface area contributed by atoms with E-state index in [2.05, 4.69) is 9.68 Å². The topological polar surface area (TPSA) is 46.3 Å². The molecule has 0 aliphatic rings. The van der Waals surface area contributed by atoms with Crippen LogP contribution < -0.4 is 0 Å². The molecule has 0 aliphatic heterocycles. The van der Waals surface area contributed by atoms with E-state index in [0.29, 0.717) is 18.0 Å². The van der Waals surface area contributed by atoms with E-state index >= 15 is 0 Å². The van der Waals surface area contributed by atoms with Gasteiger partial charge in [-0.25, -0.2) is 0 Å². The Morgan fingerprint density at radius 1 is 1.82 bits per heavy atom. The van der Waals surface area contributed by atoms with E-state index in [4.69, 9.17) is 11.6 Å². The van der Waals surface area contributed by atoms with Gasteiger partial charge in [0.2, 0.25) is 0 Å². The SMILES string of the molecule is Cc1conc1C(O)CCCl. The van der Waals surface area contributed by atoms with Crippen molar-refractivity contribution >= 4 is 11.6 Å². The number of rotatable bonds is 3. The second-order valence-electron chi connectivity index (χ2n) is 2.38. The van der Waals surface area contributed by atoms with Gasteiger partial charge in [0.05, 0.1) is 0 Å². The third kappa shape index (κ3) is 1.94. The number of hydrogen-bond acceptors (Lipinski definition) is 3. The lowest BCUT2D eigenvalue weighted by Gasteiger charge is -2.03. The molecule has 4 heteroatoms. The first-order chi connectivity index (χ1) is 5.25. The minimum absolute atomic E-state index is 0.424. The molecule has 1 aromatic rings. The summed E-state index contributed by atoms with van der Waals surface area (Å²) in [7, 11) is 0. The highest BCUT2D eigenvalue weighted by molar-refractivity contribution is 6.17. The molecule has 1 heterocycles. The van der Waals surface area contributed by atoms with Crippen molar-refractivity contribution in [3.05, 3.63) is 17.5 Å². The van der Waals surface area contributed by atoms with Crippen molar-refractivity contribution in [1.82, 2.24) is 5.16 Å². The Balaban J connectivity index is 2.67. The first-order valence-corrected chi connectivity index (χ1v) is 3.94. The number of aryl methyl sites for hydroxylation is 1. The lowest BCUT2D eigenvalue weighted by Crippen LogP contribution is -1.99. The number of aliphatic hydroxyl groups excluding tert-OH is 1. The fourth-order valence-electron chi connectivity index (χ4n) is 0.858. The van der Waals surface area contributed by atoms with E-state index in [1.807, 2.05) is 6.92 Å². The van der Waals surface area contributed by atoms with Crippen LogP contribution in [0.5, 0.6) is 0 Å². The number of alkyl halides is 1. The van der Waals surface area contributed by atoms with Gasteiger partial charge in [-0.05, 0) is 13.3 Å². The van der Waals surface area contributed by atoms with E-state index in [1.165, 1.54) is 6.26 Å². The summed E-state index contributed by atoms with van der Waals surface area (Å²) in [5.74, 6) is 0.424. The van der Waals surface area contributed by atoms with Crippen LogP contribution in [0, 0.1) is 6.92 Å². The molecule has 0 fully saturated rings. The summed E-state index contributed by atoms with van der Waals surface area (Å²) in [5.41, 5.74) is 1.45. The van der Waals surface area contributed by atoms with Crippen molar-refractivity contribution in [2.24, 2.45) is 0 Å². The molecule has 1 aromatic heterocycles. The summed E-state index contributed by atoms with van der Waals surface area (Å²) in [4.78, 5) is 0. The Morgan fingerprint density at radius 2 is 2.55 bits per heavy atom. The maximum Gasteiger partial charge on any atom is 0.127 e. The second kappa shape index (κ2) is 3.74. The minimum atomic E-state index is -0.591. The summed E-state index contributed by atoms with van der Waals surface area (Å²) in [6.45, 7) is 1.84. The van der Waals surface area contributed by atoms with Crippen molar-refractivity contribution in [2.45, 2.75) is 19.4 Å². The molecule has 0 bridgehead atoms. The summed E-state index contributed by atoms with van der Waals surface area (Å²) < 4.78 is 4.66. The summed E-state index contributed by atoms with van der Waals surface area (Å²) in [6.07, 6.45) is 1.42. The molecule has 0 saturated carbocycles. The number of nitrogens with zero attached hydrogens (tertiary/aromatic N) is 1. The normalized spacial score (nSPS) is 13.4. The fourth-order valence-corrected chi connectivity index (χ4v) is 1.06. The van der Waals surface area contributed by atoms with Crippen LogP contribution in [-0.2, 0) is 0 Å². The van der Waals surface area contributed by atoms with Crippen LogP contribution in [0.15, 0.2) is 10.8 Å². The van der Waals surface area contributed by atoms with Crippen molar-refractivity contribution in [2.75, 3.05) is 5.88 Å². The molecule has 0 aromatic carbocycles. The maximum atomic E-state index is 9.38. The fraction of sp³-hybridized carbons (Fsp3) is 0.571. The molecule has 0 saturated heterocycles. The molecule has 0 amide bonds. The molecule has 62 valence electrons. The van der Waals surface area contributed by atoms with Crippen LogP contribution in [0.4, 0.5) is 0 Å². The molecule has 0 radical (unpaired) electrons. The maximum absolute atomic E-state index is 9.38. The van der Waals surface area contributed by atoms with Gasteiger partial charge in [0, 0.05) is 11.4 Å². The molecule has 1 unspecified atom stereocenters. The standard InChI is InChI=1S/C7H10ClNO2/c1-5-4-11-9-7(5)6(10)2-3-8/h4,6,10H,2-3H2,1H3. The largest absolute Gasteiger partial charge is 0.387 e. The van der Waals surface area contributed by atoms with Crippen LogP contribution in [0.1, 0.15) is 23.8 Å². The van der Waals surface area contributed by atoms with E-state index in [0.717, 1.165) is 5.56 Å². The molecular weight excluding hydrogens is 166 g/mol. The third-order valence-corrected chi connectivity index (χ3v) is 1.70. The van der Waals surface area contributed by atoms with Crippen molar-refractivity contribution in [3.8, 4) is 0 Å². The highest BCUT2D eigenvalue weighted by Gasteiger charge is 2.12. The predicted molar refractivity (Wildman–Crippen MR) is 41.5 cm³/mol.